The van der Waals surface area contributed by atoms with Crippen LogP contribution in [0.3, 0.4) is 0 Å². The van der Waals surface area contributed by atoms with Gasteiger partial charge in [-0.15, -0.1) is 0 Å². The second-order valence-electron chi connectivity index (χ2n) is 11.2. The molecule has 3 aromatic rings. The number of ketones is 1. The predicted octanol–water partition coefficient (Wildman–Crippen LogP) is 4.10. The number of hydrogen-bond donors (Lipinski definition) is 4. The van der Waals surface area contributed by atoms with Gasteiger partial charge in [-0.3, -0.25) is 19.7 Å². The van der Waals surface area contributed by atoms with Crippen molar-refractivity contribution >= 4 is 28.5 Å². The molecule has 2 unspecified atom stereocenters. The molecule has 1 saturated heterocycles. The Morgan fingerprint density at radius 3 is 2.59 bits per heavy atom. The van der Waals surface area contributed by atoms with Crippen LogP contribution >= 0.6 is 0 Å². The zero-order valence-corrected chi connectivity index (χ0v) is 23.9. The Labute approximate surface area is 241 Å². The first kappa shape index (κ1) is 29.8. The third kappa shape index (κ3) is 7.74. The predicted molar refractivity (Wildman–Crippen MR) is 157 cm³/mol. The fourth-order valence-corrected chi connectivity index (χ4v) is 5.50. The standard InChI is InChI=1S/C32H39N5O4/c1-20(2)14-23(16-29(38)27-17-24-25(36-27)10-7-11-30(24)41-3)32(40)37-26(15-22-12-13-34-31(22)39)28(18-33)35-19-21-8-5-4-6-9-21/h4-11,17,20,22-23,26,28,35-36H,12-16,19H2,1-3H3,(H,34,39)(H,37,40)/t22?,23-,26+,28?/m1/s1. The Kier molecular flexibility index (Phi) is 10.1. The van der Waals surface area contributed by atoms with Gasteiger partial charge in [0.2, 0.25) is 11.8 Å². The van der Waals surface area contributed by atoms with Crippen molar-refractivity contribution in [1.29, 1.82) is 5.26 Å². The molecule has 2 aromatic carbocycles. The van der Waals surface area contributed by atoms with E-state index in [1.165, 1.54) is 0 Å². The number of carbonyl (C=O) groups excluding carboxylic acids is 3. The maximum Gasteiger partial charge on any atom is 0.223 e. The molecule has 1 aliphatic rings. The topological polar surface area (TPSA) is 136 Å². The van der Waals surface area contributed by atoms with E-state index in [9.17, 15) is 19.6 Å². The third-order valence-electron chi connectivity index (χ3n) is 7.64. The van der Waals surface area contributed by atoms with E-state index < -0.39 is 18.0 Å². The number of Topliss-reactive ketones (excluding diaryl/α,β-unsaturated/α-hetero) is 1. The van der Waals surface area contributed by atoms with Gasteiger partial charge in [0.25, 0.3) is 0 Å². The average Bonchev–Trinajstić information content (AvgIpc) is 3.59. The summed E-state index contributed by atoms with van der Waals surface area (Å²) in [5.74, 6) is -0.569. The number of nitrogens with zero attached hydrogens (tertiary/aromatic N) is 1. The Hall–Kier alpha value is -4.16. The van der Waals surface area contributed by atoms with E-state index in [2.05, 4.69) is 27.0 Å². The average molecular weight is 558 g/mol. The number of nitrogens with one attached hydrogen (secondary N) is 4. The zero-order chi connectivity index (χ0) is 29.4. The van der Waals surface area contributed by atoms with E-state index in [4.69, 9.17) is 4.74 Å². The normalized spacial score (nSPS) is 17.0. The second-order valence-corrected chi connectivity index (χ2v) is 11.2. The molecule has 2 amide bonds. The third-order valence-corrected chi connectivity index (χ3v) is 7.64. The molecular weight excluding hydrogens is 518 g/mol. The maximum atomic E-state index is 13.7. The summed E-state index contributed by atoms with van der Waals surface area (Å²) in [5, 5.41) is 20.1. The van der Waals surface area contributed by atoms with Crippen molar-refractivity contribution < 1.29 is 19.1 Å². The lowest BCUT2D eigenvalue weighted by atomic mass is 9.89. The Bertz CT molecular complexity index is 1390. The number of fused-ring (bicyclic) bond motifs is 1. The lowest BCUT2D eigenvalue weighted by Crippen LogP contribution is -2.52. The molecule has 0 radical (unpaired) electrons. The molecule has 2 heterocycles. The van der Waals surface area contributed by atoms with Crippen LogP contribution in [-0.2, 0) is 16.1 Å². The number of nitriles is 1. The van der Waals surface area contributed by atoms with E-state index in [1.807, 2.05) is 62.4 Å². The summed E-state index contributed by atoms with van der Waals surface area (Å²) in [7, 11) is 1.58. The van der Waals surface area contributed by atoms with Crippen molar-refractivity contribution in [2.75, 3.05) is 13.7 Å². The van der Waals surface area contributed by atoms with Crippen LogP contribution < -0.4 is 20.7 Å². The molecule has 0 spiro atoms. The van der Waals surface area contributed by atoms with Crippen LogP contribution in [0.4, 0.5) is 0 Å². The molecule has 0 bridgehead atoms. The van der Waals surface area contributed by atoms with Crippen molar-refractivity contribution in [2.24, 2.45) is 17.8 Å². The lowest BCUT2D eigenvalue weighted by molar-refractivity contribution is -0.127. The number of methoxy groups -OCH3 is 1. The van der Waals surface area contributed by atoms with Crippen molar-refractivity contribution in [3.05, 3.63) is 65.9 Å². The molecular formula is C32H39N5O4. The van der Waals surface area contributed by atoms with Crippen LogP contribution in [0, 0.1) is 29.1 Å². The second kappa shape index (κ2) is 14.0. The van der Waals surface area contributed by atoms with Crippen molar-refractivity contribution in [3.63, 3.8) is 0 Å². The van der Waals surface area contributed by atoms with Crippen LogP contribution in [0.5, 0.6) is 5.75 Å². The van der Waals surface area contributed by atoms with Gasteiger partial charge in [0.05, 0.1) is 24.9 Å². The minimum atomic E-state index is -0.718. The molecule has 41 heavy (non-hydrogen) atoms. The smallest absolute Gasteiger partial charge is 0.223 e. The number of aromatic nitrogens is 1. The molecule has 4 rings (SSSR count). The fraction of sp³-hybridized carbons (Fsp3) is 0.438. The van der Waals surface area contributed by atoms with Crippen molar-refractivity contribution in [3.8, 4) is 11.8 Å². The first-order valence-corrected chi connectivity index (χ1v) is 14.2. The summed E-state index contributed by atoms with van der Waals surface area (Å²) in [6.07, 6.45) is 1.51. The van der Waals surface area contributed by atoms with E-state index in [1.54, 1.807) is 13.2 Å². The molecule has 1 aliphatic heterocycles. The Morgan fingerprint density at radius 1 is 1.15 bits per heavy atom. The molecule has 0 aliphatic carbocycles. The van der Waals surface area contributed by atoms with Gasteiger partial charge in [-0.05, 0) is 48.9 Å². The van der Waals surface area contributed by atoms with Crippen molar-refractivity contribution in [2.45, 2.75) is 58.2 Å². The summed E-state index contributed by atoms with van der Waals surface area (Å²) >= 11 is 0. The fourth-order valence-electron chi connectivity index (χ4n) is 5.50. The maximum absolute atomic E-state index is 13.7. The monoisotopic (exact) mass is 557 g/mol. The van der Waals surface area contributed by atoms with Crippen LogP contribution in [0.1, 0.15) is 55.6 Å². The van der Waals surface area contributed by atoms with Gasteiger partial charge in [-0.2, -0.15) is 5.26 Å². The molecule has 216 valence electrons. The highest BCUT2D eigenvalue weighted by molar-refractivity contribution is 6.02. The number of H-pyrrole nitrogens is 1. The summed E-state index contributed by atoms with van der Waals surface area (Å²) < 4.78 is 5.42. The van der Waals surface area contributed by atoms with Crippen LogP contribution in [0.2, 0.25) is 0 Å². The number of amides is 2. The summed E-state index contributed by atoms with van der Waals surface area (Å²) in [6.45, 7) is 5.05. The lowest BCUT2D eigenvalue weighted by Gasteiger charge is -2.28. The summed E-state index contributed by atoms with van der Waals surface area (Å²) in [6, 6.07) is 18.0. The van der Waals surface area contributed by atoms with Crippen molar-refractivity contribution in [1.82, 2.24) is 20.9 Å². The van der Waals surface area contributed by atoms with Gasteiger partial charge in [0, 0.05) is 42.2 Å². The first-order chi connectivity index (χ1) is 19.8. The molecule has 9 nitrogen and oxygen atoms in total. The summed E-state index contributed by atoms with van der Waals surface area (Å²) in [5.41, 5.74) is 2.22. The van der Waals surface area contributed by atoms with E-state index in [-0.39, 0.29) is 35.9 Å². The number of aromatic amines is 1. The number of benzene rings is 2. The first-order valence-electron chi connectivity index (χ1n) is 14.2. The minimum absolute atomic E-state index is 0.0183. The highest BCUT2D eigenvalue weighted by atomic mass is 16.5. The number of rotatable bonds is 14. The highest BCUT2D eigenvalue weighted by Gasteiger charge is 2.34. The molecule has 4 atom stereocenters. The van der Waals surface area contributed by atoms with Gasteiger partial charge in [-0.25, -0.2) is 0 Å². The van der Waals surface area contributed by atoms with Gasteiger partial charge < -0.3 is 20.4 Å². The van der Waals surface area contributed by atoms with Gasteiger partial charge in [0.1, 0.15) is 11.8 Å². The largest absolute Gasteiger partial charge is 0.496 e. The minimum Gasteiger partial charge on any atom is -0.496 e. The zero-order valence-electron chi connectivity index (χ0n) is 23.9. The van der Waals surface area contributed by atoms with E-state index in [0.717, 1.165) is 16.5 Å². The van der Waals surface area contributed by atoms with E-state index >= 15 is 0 Å². The number of carbonyl (C=O) groups is 3. The van der Waals surface area contributed by atoms with Gasteiger partial charge in [0.15, 0.2) is 5.78 Å². The summed E-state index contributed by atoms with van der Waals surface area (Å²) in [4.78, 5) is 42.7. The molecule has 1 fully saturated rings. The van der Waals surface area contributed by atoms with Crippen LogP contribution in [-0.4, -0.2) is 48.3 Å². The SMILES string of the molecule is COc1cccc2[nH]c(C(=O)C[C@@H](CC(C)C)C(=O)N[C@@H](CC3CCNC3=O)C(C#N)NCc3ccccc3)cc12. The van der Waals surface area contributed by atoms with Crippen LogP contribution in [0.15, 0.2) is 54.6 Å². The number of ether oxygens (including phenoxy) is 1. The van der Waals surface area contributed by atoms with Gasteiger partial charge >= 0.3 is 0 Å². The highest BCUT2D eigenvalue weighted by Crippen LogP contribution is 2.28. The Balaban J connectivity index is 1.52. The van der Waals surface area contributed by atoms with Crippen LogP contribution in [0.25, 0.3) is 10.9 Å². The molecule has 9 heteroatoms. The quantitative estimate of drug-likeness (QED) is 0.220. The van der Waals surface area contributed by atoms with E-state index in [0.29, 0.717) is 43.8 Å². The molecule has 0 saturated carbocycles. The van der Waals surface area contributed by atoms with Gasteiger partial charge in [-0.1, -0.05) is 50.2 Å². The molecule has 1 aromatic heterocycles. The molecule has 4 N–H and O–H groups in total. The number of hydrogen-bond acceptors (Lipinski definition) is 6. The Morgan fingerprint density at radius 2 is 1.93 bits per heavy atom.